The summed E-state index contributed by atoms with van der Waals surface area (Å²) in [6.45, 7) is 4.31. The molecule has 2 bridgehead atoms. The molecule has 20 heavy (non-hydrogen) atoms. The van der Waals surface area contributed by atoms with Crippen LogP contribution in [-0.2, 0) is 6.42 Å². The second-order valence-electron chi connectivity index (χ2n) is 7.65. The van der Waals surface area contributed by atoms with E-state index in [1.165, 1.54) is 36.8 Å². The zero-order chi connectivity index (χ0) is 13.9. The summed E-state index contributed by atoms with van der Waals surface area (Å²) >= 11 is 6.84. The van der Waals surface area contributed by atoms with Crippen molar-refractivity contribution in [2.45, 2.75) is 56.9 Å². The van der Waals surface area contributed by atoms with Crippen LogP contribution in [0.15, 0.2) is 18.2 Å². The summed E-state index contributed by atoms with van der Waals surface area (Å²) in [6.07, 6.45) is 6.61. The molecule has 2 fully saturated rings. The van der Waals surface area contributed by atoms with Gasteiger partial charge in [0.15, 0.2) is 0 Å². The Balaban J connectivity index is 1.58. The van der Waals surface area contributed by atoms with Gasteiger partial charge in [-0.05, 0) is 68.1 Å². The molecule has 4 unspecified atom stereocenters. The zero-order valence-electron chi connectivity index (χ0n) is 12.4. The molecule has 2 aliphatic carbocycles. The molecular weight excluding hydrogens is 268 g/mol. The second-order valence-corrected chi connectivity index (χ2v) is 8.12. The maximum absolute atomic E-state index is 6.84. The minimum Gasteiger partial charge on any atom is -0.487 e. The van der Waals surface area contributed by atoms with E-state index in [1.54, 1.807) is 0 Å². The lowest BCUT2D eigenvalue weighted by Crippen LogP contribution is -2.24. The first kappa shape index (κ1) is 13.0. The Morgan fingerprint density at radius 3 is 2.80 bits per heavy atom. The van der Waals surface area contributed by atoms with Crippen molar-refractivity contribution < 1.29 is 4.74 Å². The quantitative estimate of drug-likeness (QED) is 0.687. The highest BCUT2D eigenvalue weighted by molar-refractivity contribution is 6.21. The SMILES string of the molecule is CC1(C)Cc2cc(C(Cl)C3CC4CCC3C4)ccc2O1. The average Bonchev–Trinajstić information content (AvgIpc) is 3.07. The average molecular weight is 291 g/mol. The van der Waals surface area contributed by atoms with E-state index in [-0.39, 0.29) is 11.0 Å². The van der Waals surface area contributed by atoms with Crippen molar-refractivity contribution in [1.29, 1.82) is 0 Å². The van der Waals surface area contributed by atoms with Gasteiger partial charge >= 0.3 is 0 Å². The molecule has 2 saturated carbocycles. The molecule has 1 aliphatic heterocycles. The van der Waals surface area contributed by atoms with Crippen molar-refractivity contribution in [3.63, 3.8) is 0 Å². The Bertz CT molecular complexity index is 536. The first-order valence-electron chi connectivity index (χ1n) is 7.98. The molecule has 0 aromatic heterocycles. The predicted octanol–water partition coefficient (Wildman–Crippen LogP) is 5.12. The predicted molar refractivity (Wildman–Crippen MR) is 82.4 cm³/mol. The fraction of sp³-hybridized carbons (Fsp3) is 0.667. The highest BCUT2D eigenvalue weighted by atomic mass is 35.5. The number of halogens is 1. The third-order valence-electron chi connectivity index (χ3n) is 5.57. The Kier molecular flexibility index (Phi) is 2.86. The highest BCUT2D eigenvalue weighted by Gasteiger charge is 2.43. The van der Waals surface area contributed by atoms with Crippen LogP contribution in [0.4, 0.5) is 0 Å². The summed E-state index contributed by atoms with van der Waals surface area (Å²) in [4.78, 5) is 0. The number of fused-ring (bicyclic) bond motifs is 3. The summed E-state index contributed by atoms with van der Waals surface area (Å²) in [5.74, 6) is 3.59. The van der Waals surface area contributed by atoms with Gasteiger partial charge in [0, 0.05) is 6.42 Å². The number of alkyl halides is 1. The molecule has 1 aromatic rings. The van der Waals surface area contributed by atoms with Crippen molar-refractivity contribution in [3.8, 4) is 5.75 Å². The number of rotatable bonds is 2. The van der Waals surface area contributed by atoms with Gasteiger partial charge in [-0.1, -0.05) is 18.6 Å². The maximum Gasteiger partial charge on any atom is 0.123 e. The van der Waals surface area contributed by atoms with Gasteiger partial charge in [-0.25, -0.2) is 0 Å². The molecule has 0 amide bonds. The van der Waals surface area contributed by atoms with E-state index in [0.29, 0.717) is 5.92 Å². The topological polar surface area (TPSA) is 9.23 Å². The smallest absolute Gasteiger partial charge is 0.123 e. The van der Waals surface area contributed by atoms with Crippen LogP contribution in [0.3, 0.4) is 0 Å². The maximum atomic E-state index is 6.84. The van der Waals surface area contributed by atoms with Gasteiger partial charge in [0.2, 0.25) is 0 Å². The van der Waals surface area contributed by atoms with E-state index in [0.717, 1.165) is 24.0 Å². The van der Waals surface area contributed by atoms with E-state index in [4.69, 9.17) is 16.3 Å². The third-order valence-corrected chi connectivity index (χ3v) is 6.15. The number of hydrogen-bond acceptors (Lipinski definition) is 1. The summed E-state index contributed by atoms with van der Waals surface area (Å²) in [5.41, 5.74) is 2.58. The van der Waals surface area contributed by atoms with Crippen LogP contribution in [0.1, 0.15) is 56.0 Å². The van der Waals surface area contributed by atoms with Gasteiger partial charge in [-0.15, -0.1) is 11.6 Å². The van der Waals surface area contributed by atoms with Crippen LogP contribution in [0, 0.1) is 17.8 Å². The van der Waals surface area contributed by atoms with Crippen molar-refractivity contribution >= 4 is 11.6 Å². The normalized spacial score (nSPS) is 34.9. The molecule has 0 N–H and O–H groups in total. The summed E-state index contributed by atoms with van der Waals surface area (Å²) < 4.78 is 5.96. The largest absolute Gasteiger partial charge is 0.487 e. The monoisotopic (exact) mass is 290 g/mol. The Hall–Kier alpha value is -0.690. The van der Waals surface area contributed by atoms with Crippen molar-refractivity contribution in [1.82, 2.24) is 0 Å². The number of ether oxygens (including phenoxy) is 1. The standard InChI is InChI=1S/C18H23ClO/c1-18(2)10-14-9-13(5-6-16(14)20-18)17(19)15-8-11-3-4-12(15)7-11/h5-6,9,11-12,15,17H,3-4,7-8,10H2,1-2H3. The molecular formula is C18H23ClO. The van der Waals surface area contributed by atoms with E-state index < -0.39 is 0 Å². The van der Waals surface area contributed by atoms with Crippen molar-refractivity contribution in [2.24, 2.45) is 17.8 Å². The van der Waals surface area contributed by atoms with Gasteiger partial charge in [0.25, 0.3) is 0 Å². The van der Waals surface area contributed by atoms with Crippen LogP contribution in [0.5, 0.6) is 5.75 Å². The van der Waals surface area contributed by atoms with E-state index in [9.17, 15) is 0 Å². The highest BCUT2D eigenvalue weighted by Crippen LogP contribution is 2.54. The molecule has 2 heteroatoms. The number of benzene rings is 1. The first-order chi connectivity index (χ1) is 9.52. The molecule has 4 atom stereocenters. The molecule has 0 radical (unpaired) electrons. The molecule has 1 heterocycles. The van der Waals surface area contributed by atoms with Crippen LogP contribution in [-0.4, -0.2) is 5.60 Å². The van der Waals surface area contributed by atoms with Crippen LogP contribution in [0.2, 0.25) is 0 Å². The summed E-state index contributed by atoms with van der Waals surface area (Å²) in [6, 6.07) is 6.61. The Morgan fingerprint density at radius 2 is 2.10 bits per heavy atom. The second kappa shape index (κ2) is 4.40. The van der Waals surface area contributed by atoms with Gasteiger partial charge in [0.1, 0.15) is 11.4 Å². The molecule has 1 aromatic carbocycles. The van der Waals surface area contributed by atoms with Gasteiger partial charge in [0.05, 0.1) is 5.38 Å². The van der Waals surface area contributed by atoms with E-state index in [1.807, 2.05) is 0 Å². The Labute approximate surface area is 126 Å². The first-order valence-corrected chi connectivity index (χ1v) is 8.41. The van der Waals surface area contributed by atoms with Crippen LogP contribution < -0.4 is 4.74 Å². The molecule has 1 nitrogen and oxygen atoms in total. The summed E-state index contributed by atoms with van der Waals surface area (Å²) in [7, 11) is 0. The van der Waals surface area contributed by atoms with Gasteiger partial charge in [-0.2, -0.15) is 0 Å². The van der Waals surface area contributed by atoms with Crippen molar-refractivity contribution in [3.05, 3.63) is 29.3 Å². The third kappa shape index (κ3) is 2.06. The lowest BCUT2D eigenvalue weighted by atomic mass is 9.83. The van der Waals surface area contributed by atoms with E-state index >= 15 is 0 Å². The fourth-order valence-electron chi connectivity index (χ4n) is 4.70. The minimum absolute atomic E-state index is 0.0603. The van der Waals surface area contributed by atoms with Gasteiger partial charge in [-0.3, -0.25) is 0 Å². The molecule has 0 spiro atoms. The molecule has 108 valence electrons. The van der Waals surface area contributed by atoms with Gasteiger partial charge < -0.3 is 4.74 Å². The summed E-state index contributed by atoms with van der Waals surface area (Å²) in [5, 5.41) is 0.194. The number of hydrogen-bond donors (Lipinski definition) is 0. The fourth-order valence-corrected chi connectivity index (χ4v) is 5.14. The Morgan fingerprint density at radius 1 is 1.25 bits per heavy atom. The zero-order valence-corrected chi connectivity index (χ0v) is 13.1. The van der Waals surface area contributed by atoms with Crippen molar-refractivity contribution in [2.75, 3.05) is 0 Å². The van der Waals surface area contributed by atoms with E-state index in [2.05, 4.69) is 32.0 Å². The lowest BCUT2D eigenvalue weighted by Gasteiger charge is -2.26. The minimum atomic E-state index is -0.0603. The lowest BCUT2D eigenvalue weighted by molar-refractivity contribution is 0.138. The molecule has 4 rings (SSSR count). The molecule has 3 aliphatic rings. The van der Waals surface area contributed by atoms with Crippen LogP contribution in [0.25, 0.3) is 0 Å². The molecule has 0 saturated heterocycles. The van der Waals surface area contributed by atoms with Crippen LogP contribution >= 0.6 is 11.6 Å².